The van der Waals surface area contributed by atoms with Gasteiger partial charge in [-0.25, -0.2) is 0 Å². The molecule has 0 atom stereocenters. The lowest BCUT2D eigenvalue weighted by molar-refractivity contribution is 0.0491. The summed E-state index contributed by atoms with van der Waals surface area (Å²) in [5, 5.41) is 9.83. The number of benzene rings is 2. The molecule has 0 aliphatic carbocycles. The van der Waals surface area contributed by atoms with E-state index < -0.39 is 0 Å². The number of ether oxygens (including phenoxy) is 2. The van der Waals surface area contributed by atoms with Crippen LogP contribution in [0.5, 0.6) is 11.5 Å². The minimum Gasteiger partial charge on any atom is -0.508 e. The van der Waals surface area contributed by atoms with Gasteiger partial charge in [-0.2, -0.15) is 0 Å². The van der Waals surface area contributed by atoms with Crippen molar-refractivity contribution in [2.45, 2.75) is 30.4 Å². The molecular weight excluding hydrogens is 296 g/mol. The van der Waals surface area contributed by atoms with Gasteiger partial charge in [0.2, 0.25) is 0 Å². The highest BCUT2D eigenvalue weighted by Gasteiger charge is 2.09. The Morgan fingerprint density at radius 1 is 1.05 bits per heavy atom. The van der Waals surface area contributed by atoms with Crippen molar-refractivity contribution in [2.75, 3.05) is 13.9 Å². The molecule has 0 bridgehead atoms. The number of hydrogen-bond donors (Lipinski definition) is 1. The molecule has 0 aliphatic rings. The van der Waals surface area contributed by atoms with Gasteiger partial charge in [0.15, 0.2) is 6.79 Å². The van der Waals surface area contributed by atoms with Crippen molar-refractivity contribution in [1.82, 2.24) is 0 Å². The fraction of sp³-hybridized carbons (Fsp3) is 0.333. The van der Waals surface area contributed by atoms with E-state index in [1.54, 1.807) is 31.0 Å². The van der Waals surface area contributed by atoms with E-state index in [-0.39, 0.29) is 6.79 Å². The number of hydrogen-bond acceptors (Lipinski definition) is 4. The topological polar surface area (TPSA) is 38.7 Å². The Balaban J connectivity index is 2.19. The van der Waals surface area contributed by atoms with Crippen LogP contribution in [0.2, 0.25) is 0 Å². The zero-order chi connectivity index (χ0) is 15.9. The van der Waals surface area contributed by atoms with Crippen molar-refractivity contribution in [2.24, 2.45) is 0 Å². The van der Waals surface area contributed by atoms with Crippen molar-refractivity contribution in [1.29, 1.82) is 0 Å². The Hall–Kier alpha value is -1.65. The molecule has 4 heteroatoms. The first-order valence-corrected chi connectivity index (χ1v) is 8.15. The Morgan fingerprint density at radius 2 is 1.73 bits per heavy atom. The summed E-state index contributed by atoms with van der Waals surface area (Å²) in [5.41, 5.74) is 2.39. The van der Waals surface area contributed by atoms with Gasteiger partial charge in [-0.3, -0.25) is 0 Å². The van der Waals surface area contributed by atoms with Crippen LogP contribution in [0.15, 0.2) is 47.4 Å². The fourth-order valence-electron chi connectivity index (χ4n) is 2.10. The van der Waals surface area contributed by atoms with E-state index in [4.69, 9.17) is 9.47 Å². The molecule has 1 N–H and O–H groups in total. The van der Waals surface area contributed by atoms with Gasteiger partial charge in [-0.15, -0.1) is 11.8 Å². The van der Waals surface area contributed by atoms with Crippen molar-refractivity contribution in [3.8, 4) is 11.5 Å². The Morgan fingerprint density at radius 3 is 2.36 bits per heavy atom. The Bertz CT molecular complexity index is 594. The lowest BCUT2D eigenvalue weighted by Gasteiger charge is -2.14. The third-order valence-electron chi connectivity index (χ3n) is 3.05. The largest absolute Gasteiger partial charge is 0.508 e. The zero-order valence-electron chi connectivity index (χ0n) is 13.2. The molecule has 0 aliphatic heterocycles. The van der Waals surface area contributed by atoms with E-state index in [0.29, 0.717) is 11.0 Å². The van der Waals surface area contributed by atoms with E-state index in [2.05, 4.69) is 26.0 Å². The van der Waals surface area contributed by atoms with Gasteiger partial charge in [-0.1, -0.05) is 32.0 Å². The summed E-state index contributed by atoms with van der Waals surface area (Å²) in [5.74, 6) is 1.15. The minimum absolute atomic E-state index is 0.253. The predicted octanol–water partition coefficient (Wildman–Crippen LogP) is 4.47. The van der Waals surface area contributed by atoms with Crippen LogP contribution in [0.1, 0.15) is 25.0 Å². The maximum atomic E-state index is 9.35. The van der Waals surface area contributed by atoms with E-state index in [9.17, 15) is 5.11 Å². The van der Waals surface area contributed by atoms with Crippen LogP contribution in [0.3, 0.4) is 0 Å². The fourth-order valence-corrected chi connectivity index (χ4v) is 3.07. The first-order valence-electron chi connectivity index (χ1n) is 7.27. The van der Waals surface area contributed by atoms with E-state index >= 15 is 0 Å². The van der Waals surface area contributed by atoms with Gasteiger partial charge in [0.1, 0.15) is 11.5 Å². The molecule has 0 heterocycles. The number of rotatable bonds is 7. The third-order valence-corrected chi connectivity index (χ3v) is 4.09. The van der Waals surface area contributed by atoms with Crippen LogP contribution >= 0.6 is 11.8 Å². The lowest BCUT2D eigenvalue weighted by atomic mass is 10.0. The second kappa shape index (κ2) is 8.11. The predicted molar refractivity (Wildman–Crippen MR) is 90.9 cm³/mol. The smallest absolute Gasteiger partial charge is 0.188 e. The molecule has 0 radical (unpaired) electrons. The van der Waals surface area contributed by atoms with Gasteiger partial charge in [-0.05, 0) is 41.8 Å². The van der Waals surface area contributed by atoms with Gasteiger partial charge < -0.3 is 14.6 Å². The number of phenols is 1. The Labute approximate surface area is 136 Å². The van der Waals surface area contributed by atoms with Crippen molar-refractivity contribution >= 4 is 11.8 Å². The van der Waals surface area contributed by atoms with Crippen molar-refractivity contribution in [3.63, 3.8) is 0 Å². The van der Waals surface area contributed by atoms with Gasteiger partial charge in [0.25, 0.3) is 0 Å². The number of aromatic hydroxyl groups is 1. The second-order valence-corrected chi connectivity index (χ2v) is 6.96. The van der Waals surface area contributed by atoms with E-state index in [0.717, 1.165) is 17.1 Å². The summed E-state index contributed by atoms with van der Waals surface area (Å²) in [7, 11) is 1.62. The molecule has 2 rings (SSSR count). The maximum absolute atomic E-state index is 9.35. The molecule has 0 aromatic heterocycles. The zero-order valence-corrected chi connectivity index (χ0v) is 14.0. The summed E-state index contributed by atoms with van der Waals surface area (Å²) in [6.45, 7) is 4.58. The first kappa shape index (κ1) is 16.7. The highest BCUT2D eigenvalue weighted by molar-refractivity contribution is 8.00. The normalized spacial score (nSPS) is 10.9. The summed E-state index contributed by atoms with van der Waals surface area (Å²) in [6, 6.07) is 13.6. The average molecular weight is 318 g/mol. The molecule has 0 fully saturated rings. The van der Waals surface area contributed by atoms with Crippen LogP contribution in [-0.2, 0) is 11.2 Å². The van der Waals surface area contributed by atoms with Gasteiger partial charge in [0.05, 0.1) is 4.90 Å². The third kappa shape index (κ3) is 4.97. The standard InChI is InChI=1S/C18H22O3S/c1-13(2)22-18-11-15(6-9-17(18)21-12-20-3)10-14-4-7-16(19)8-5-14/h4-9,11,13,19H,10,12H2,1-3H3. The highest BCUT2D eigenvalue weighted by atomic mass is 32.2. The molecule has 0 saturated heterocycles. The summed E-state index contributed by atoms with van der Waals surface area (Å²) in [4.78, 5) is 1.13. The molecule has 0 unspecified atom stereocenters. The van der Waals surface area contributed by atoms with Crippen molar-refractivity contribution < 1.29 is 14.6 Å². The van der Waals surface area contributed by atoms with Crippen LogP contribution < -0.4 is 4.74 Å². The minimum atomic E-state index is 0.253. The molecule has 22 heavy (non-hydrogen) atoms. The molecular formula is C18H22O3S. The monoisotopic (exact) mass is 318 g/mol. The Kier molecular flexibility index (Phi) is 6.16. The molecule has 3 nitrogen and oxygen atoms in total. The summed E-state index contributed by atoms with van der Waals surface area (Å²) < 4.78 is 10.6. The van der Waals surface area contributed by atoms with Crippen LogP contribution in [0.25, 0.3) is 0 Å². The quantitative estimate of drug-likeness (QED) is 0.604. The van der Waals surface area contributed by atoms with E-state index in [1.165, 1.54) is 11.1 Å². The lowest BCUT2D eigenvalue weighted by Crippen LogP contribution is -2.01. The molecule has 118 valence electrons. The molecule has 2 aromatic rings. The molecule has 0 saturated carbocycles. The van der Waals surface area contributed by atoms with Crippen molar-refractivity contribution in [3.05, 3.63) is 53.6 Å². The summed E-state index contributed by atoms with van der Waals surface area (Å²) in [6.07, 6.45) is 0.830. The molecule has 0 amide bonds. The van der Waals surface area contributed by atoms with Gasteiger partial charge in [0, 0.05) is 12.4 Å². The molecule has 2 aromatic carbocycles. The average Bonchev–Trinajstić information content (AvgIpc) is 2.48. The second-order valence-electron chi connectivity index (χ2n) is 5.34. The highest BCUT2D eigenvalue weighted by Crippen LogP contribution is 2.33. The van der Waals surface area contributed by atoms with Crippen LogP contribution in [0, 0.1) is 0 Å². The SMILES string of the molecule is COCOc1ccc(Cc2ccc(O)cc2)cc1SC(C)C. The van der Waals surface area contributed by atoms with Crippen LogP contribution in [0.4, 0.5) is 0 Å². The number of methoxy groups -OCH3 is 1. The van der Waals surface area contributed by atoms with Gasteiger partial charge >= 0.3 is 0 Å². The first-order chi connectivity index (χ1) is 10.6. The molecule has 0 spiro atoms. The number of thioether (sulfide) groups is 1. The van der Waals surface area contributed by atoms with Crippen LogP contribution in [-0.4, -0.2) is 24.3 Å². The summed E-state index contributed by atoms with van der Waals surface area (Å²) >= 11 is 1.78. The van der Waals surface area contributed by atoms with E-state index in [1.807, 2.05) is 18.2 Å². The maximum Gasteiger partial charge on any atom is 0.188 e. The number of phenolic OH excluding ortho intramolecular Hbond substituents is 1.